The summed E-state index contributed by atoms with van der Waals surface area (Å²) in [6.07, 6.45) is 0.473. The normalized spacial score (nSPS) is 13.2. The van der Waals surface area contributed by atoms with Crippen molar-refractivity contribution in [1.29, 1.82) is 0 Å². The number of carbonyl (C=O) groups is 2. The molecule has 37 heavy (non-hydrogen) atoms. The largest absolute Gasteiger partial charge is 0.451 e. The SMILES string of the molecule is CCC(=O)N1CCN(c2ccc(Cl)cc2NC(=S)NC(=O)c2ccc(-c3ccccc3[N+](=O)[O-])o2)CC1. The number of thiocarbonyl (C=S) groups is 1. The maximum Gasteiger partial charge on any atom is 0.293 e. The van der Waals surface area contributed by atoms with Gasteiger partial charge in [0.1, 0.15) is 5.76 Å². The molecule has 0 spiro atoms. The number of rotatable bonds is 6. The number of piperazine rings is 1. The van der Waals surface area contributed by atoms with Crippen molar-refractivity contribution in [2.24, 2.45) is 0 Å². The van der Waals surface area contributed by atoms with E-state index in [2.05, 4.69) is 15.5 Å². The van der Waals surface area contributed by atoms with Crippen LogP contribution in [0.1, 0.15) is 23.9 Å². The summed E-state index contributed by atoms with van der Waals surface area (Å²) in [5, 5.41) is 17.4. The van der Waals surface area contributed by atoms with Crippen molar-refractivity contribution in [3.05, 3.63) is 75.5 Å². The van der Waals surface area contributed by atoms with Gasteiger partial charge in [0.25, 0.3) is 11.6 Å². The Hall–Kier alpha value is -3.96. The molecule has 0 atom stereocenters. The molecule has 1 saturated heterocycles. The number of hydrogen-bond donors (Lipinski definition) is 2. The molecule has 2 N–H and O–H groups in total. The molecule has 1 fully saturated rings. The lowest BCUT2D eigenvalue weighted by Crippen LogP contribution is -2.48. The summed E-state index contributed by atoms with van der Waals surface area (Å²) < 4.78 is 5.58. The number of halogens is 1. The smallest absolute Gasteiger partial charge is 0.293 e. The first-order valence-electron chi connectivity index (χ1n) is 11.5. The maximum atomic E-state index is 12.8. The molecule has 2 amide bonds. The third kappa shape index (κ3) is 6.07. The number of nitro groups is 1. The molecule has 0 bridgehead atoms. The van der Waals surface area contributed by atoms with Crippen LogP contribution in [0, 0.1) is 10.1 Å². The molecule has 2 aromatic carbocycles. The Morgan fingerprint density at radius 3 is 2.54 bits per heavy atom. The number of benzene rings is 2. The Labute approximate surface area is 223 Å². The molecule has 3 aromatic rings. The van der Waals surface area contributed by atoms with Gasteiger partial charge in [-0.25, -0.2) is 0 Å². The average Bonchev–Trinajstić information content (AvgIpc) is 3.39. The van der Waals surface area contributed by atoms with Gasteiger partial charge >= 0.3 is 0 Å². The van der Waals surface area contributed by atoms with E-state index in [9.17, 15) is 19.7 Å². The molecule has 2 heterocycles. The highest BCUT2D eigenvalue weighted by Crippen LogP contribution is 2.32. The monoisotopic (exact) mass is 541 g/mol. The van der Waals surface area contributed by atoms with Crippen molar-refractivity contribution >= 4 is 57.8 Å². The van der Waals surface area contributed by atoms with Gasteiger partial charge in [0, 0.05) is 43.7 Å². The summed E-state index contributed by atoms with van der Waals surface area (Å²) in [5.74, 6) is -0.354. The zero-order valence-corrected chi connectivity index (χ0v) is 21.5. The van der Waals surface area contributed by atoms with Crippen LogP contribution in [0.2, 0.25) is 5.02 Å². The van der Waals surface area contributed by atoms with Crippen molar-refractivity contribution < 1.29 is 18.9 Å². The molecular weight excluding hydrogens is 518 g/mol. The molecule has 192 valence electrons. The number of nitrogens with one attached hydrogen (secondary N) is 2. The van der Waals surface area contributed by atoms with E-state index in [1.165, 1.54) is 18.2 Å². The molecule has 0 radical (unpaired) electrons. The highest BCUT2D eigenvalue weighted by Gasteiger charge is 2.23. The summed E-state index contributed by atoms with van der Waals surface area (Å²) in [6.45, 7) is 4.34. The molecule has 0 unspecified atom stereocenters. The van der Waals surface area contributed by atoms with Crippen LogP contribution in [0.3, 0.4) is 0 Å². The second kappa shape index (κ2) is 11.4. The molecule has 0 saturated carbocycles. The van der Waals surface area contributed by atoms with Crippen LogP contribution in [0.15, 0.2) is 59.0 Å². The first-order chi connectivity index (χ1) is 17.8. The lowest BCUT2D eigenvalue weighted by atomic mass is 10.1. The number of amides is 2. The van der Waals surface area contributed by atoms with Crippen molar-refractivity contribution in [3.63, 3.8) is 0 Å². The van der Waals surface area contributed by atoms with E-state index in [0.717, 1.165) is 5.69 Å². The highest BCUT2D eigenvalue weighted by molar-refractivity contribution is 7.80. The second-order valence-electron chi connectivity index (χ2n) is 8.23. The van der Waals surface area contributed by atoms with Gasteiger partial charge in [-0.2, -0.15) is 0 Å². The van der Waals surface area contributed by atoms with E-state index in [1.54, 1.807) is 30.3 Å². The minimum absolute atomic E-state index is 0.0250. The lowest BCUT2D eigenvalue weighted by molar-refractivity contribution is -0.384. The fourth-order valence-electron chi connectivity index (χ4n) is 4.07. The Balaban J connectivity index is 1.44. The van der Waals surface area contributed by atoms with E-state index in [4.69, 9.17) is 28.2 Å². The lowest BCUT2D eigenvalue weighted by Gasteiger charge is -2.37. The van der Waals surface area contributed by atoms with Gasteiger partial charge in [-0.1, -0.05) is 30.7 Å². The first-order valence-corrected chi connectivity index (χ1v) is 12.3. The highest BCUT2D eigenvalue weighted by atomic mass is 35.5. The number of nitrogens with zero attached hydrogens (tertiary/aromatic N) is 3. The Morgan fingerprint density at radius 1 is 1.11 bits per heavy atom. The van der Waals surface area contributed by atoms with Gasteiger partial charge < -0.3 is 19.5 Å². The third-order valence-corrected chi connectivity index (χ3v) is 6.34. The van der Waals surface area contributed by atoms with E-state index in [1.807, 2.05) is 17.9 Å². The van der Waals surface area contributed by atoms with Gasteiger partial charge in [-0.3, -0.25) is 25.0 Å². The van der Waals surface area contributed by atoms with Crippen LogP contribution in [0.25, 0.3) is 11.3 Å². The molecule has 12 heteroatoms. The van der Waals surface area contributed by atoms with Crippen molar-refractivity contribution in [3.8, 4) is 11.3 Å². The number of anilines is 2. The maximum absolute atomic E-state index is 12.8. The first kappa shape index (κ1) is 26.1. The minimum Gasteiger partial charge on any atom is -0.451 e. The number of carbonyl (C=O) groups excluding carboxylic acids is 2. The predicted molar refractivity (Wildman–Crippen MR) is 145 cm³/mol. The van der Waals surface area contributed by atoms with Gasteiger partial charge in [-0.15, -0.1) is 0 Å². The number of nitro benzene ring substituents is 1. The molecular formula is C25H24ClN5O5S. The number of furan rings is 1. The number of hydrogen-bond acceptors (Lipinski definition) is 7. The summed E-state index contributed by atoms with van der Waals surface area (Å²) in [4.78, 5) is 39.5. The van der Waals surface area contributed by atoms with Crippen LogP contribution in [-0.4, -0.2) is 52.9 Å². The molecule has 0 aliphatic carbocycles. The second-order valence-corrected chi connectivity index (χ2v) is 9.07. The molecule has 10 nitrogen and oxygen atoms in total. The topological polar surface area (TPSA) is 121 Å². The zero-order chi connectivity index (χ0) is 26.5. The standard InChI is InChI=1S/C25H24ClN5O5S/c1-2-23(32)30-13-11-29(12-14-30)20-8-7-16(26)15-18(20)27-25(37)28-24(33)22-10-9-21(36-22)17-5-3-4-6-19(17)31(34)35/h3-10,15H,2,11-14H2,1H3,(H2,27,28,33,37). The Morgan fingerprint density at radius 2 is 1.84 bits per heavy atom. The van der Waals surface area contributed by atoms with E-state index < -0.39 is 10.8 Å². The van der Waals surface area contributed by atoms with Crippen LogP contribution in [0.5, 0.6) is 0 Å². The molecule has 1 aliphatic heterocycles. The van der Waals surface area contributed by atoms with Crippen LogP contribution < -0.4 is 15.5 Å². The fourth-order valence-corrected chi connectivity index (χ4v) is 4.44. The summed E-state index contributed by atoms with van der Waals surface area (Å²) in [6, 6.07) is 14.4. The summed E-state index contributed by atoms with van der Waals surface area (Å²) >= 11 is 11.6. The van der Waals surface area contributed by atoms with Crippen molar-refractivity contribution in [1.82, 2.24) is 10.2 Å². The van der Waals surface area contributed by atoms with Crippen LogP contribution in [0.4, 0.5) is 17.1 Å². The predicted octanol–water partition coefficient (Wildman–Crippen LogP) is 4.69. The summed E-state index contributed by atoms with van der Waals surface area (Å²) in [5.41, 5.74) is 1.57. The van der Waals surface area contributed by atoms with Gasteiger partial charge in [0.05, 0.1) is 21.9 Å². The van der Waals surface area contributed by atoms with Gasteiger partial charge in [0.2, 0.25) is 5.91 Å². The minimum atomic E-state index is -0.613. The Kier molecular flexibility index (Phi) is 8.04. The summed E-state index contributed by atoms with van der Waals surface area (Å²) in [7, 11) is 0. The fraction of sp³-hybridized carbons (Fsp3) is 0.240. The van der Waals surface area contributed by atoms with Crippen molar-refractivity contribution in [2.45, 2.75) is 13.3 Å². The molecule has 1 aromatic heterocycles. The quantitative estimate of drug-likeness (QED) is 0.262. The zero-order valence-electron chi connectivity index (χ0n) is 19.9. The van der Waals surface area contributed by atoms with Gasteiger partial charge in [0.15, 0.2) is 10.9 Å². The molecule has 4 rings (SSSR count). The van der Waals surface area contributed by atoms with Crippen LogP contribution >= 0.6 is 23.8 Å². The molecule has 1 aliphatic rings. The van der Waals surface area contributed by atoms with Gasteiger partial charge in [-0.05, 0) is 48.6 Å². The average molecular weight is 542 g/mol. The van der Waals surface area contributed by atoms with E-state index >= 15 is 0 Å². The third-order valence-electron chi connectivity index (χ3n) is 5.91. The van der Waals surface area contributed by atoms with Crippen molar-refractivity contribution in [2.75, 3.05) is 36.4 Å². The van der Waals surface area contributed by atoms with Crippen LogP contribution in [-0.2, 0) is 4.79 Å². The Bertz CT molecular complexity index is 1350. The number of para-hydroxylation sites is 1. The van der Waals surface area contributed by atoms with E-state index in [0.29, 0.717) is 43.3 Å². The van der Waals surface area contributed by atoms with E-state index in [-0.39, 0.29) is 33.8 Å².